The summed E-state index contributed by atoms with van der Waals surface area (Å²) < 4.78 is 26.6. The number of pyridine rings is 1. The predicted molar refractivity (Wildman–Crippen MR) is 140 cm³/mol. The zero-order valence-corrected chi connectivity index (χ0v) is 23.0. The van der Waals surface area contributed by atoms with Crippen LogP contribution >= 0.6 is 0 Å². The lowest BCUT2D eigenvalue weighted by molar-refractivity contribution is -0.177. The fourth-order valence-corrected chi connectivity index (χ4v) is 3.90. The highest BCUT2D eigenvalue weighted by Crippen LogP contribution is 2.28. The fraction of sp³-hybridized carbons (Fsp3) is 0.429. The molecule has 1 aromatic heterocycles. The summed E-state index contributed by atoms with van der Waals surface area (Å²) in [6, 6.07) is 8.07. The van der Waals surface area contributed by atoms with Crippen molar-refractivity contribution in [2.45, 2.75) is 45.4 Å². The molecule has 0 saturated carbocycles. The maximum absolute atomic E-state index is 13.2. The highest BCUT2D eigenvalue weighted by molar-refractivity contribution is 5.98. The Morgan fingerprint density at radius 3 is 2.49 bits per heavy atom. The summed E-state index contributed by atoms with van der Waals surface area (Å²) >= 11 is 0. The van der Waals surface area contributed by atoms with Gasteiger partial charge in [-0.3, -0.25) is 14.4 Å². The average Bonchev–Trinajstić information content (AvgIpc) is 2.99. The molecule has 1 aliphatic rings. The van der Waals surface area contributed by atoms with Crippen LogP contribution in [0.4, 0.5) is 0 Å². The van der Waals surface area contributed by atoms with Gasteiger partial charge in [0.15, 0.2) is 29.3 Å². The van der Waals surface area contributed by atoms with Crippen LogP contribution in [0, 0.1) is 11.8 Å². The van der Waals surface area contributed by atoms with Gasteiger partial charge in [0.1, 0.15) is 18.6 Å². The van der Waals surface area contributed by atoms with E-state index in [2.05, 4.69) is 10.3 Å². The van der Waals surface area contributed by atoms with E-state index in [0.29, 0.717) is 5.56 Å². The molecule has 0 spiro atoms. The van der Waals surface area contributed by atoms with Gasteiger partial charge in [0.2, 0.25) is 0 Å². The van der Waals surface area contributed by atoms with Crippen LogP contribution in [0.15, 0.2) is 42.6 Å². The number of hydrogen-bond donors (Lipinski definition) is 2. The number of benzene rings is 1. The fourth-order valence-electron chi connectivity index (χ4n) is 3.90. The van der Waals surface area contributed by atoms with Crippen molar-refractivity contribution in [3.63, 3.8) is 0 Å². The third-order valence-corrected chi connectivity index (χ3v) is 6.16. The first kappa shape index (κ1) is 30.9. The van der Waals surface area contributed by atoms with Crippen LogP contribution in [0.3, 0.4) is 0 Å². The Morgan fingerprint density at radius 2 is 1.83 bits per heavy atom. The van der Waals surface area contributed by atoms with Crippen LogP contribution in [0.1, 0.15) is 48.0 Å². The number of ether oxygens (including phenoxy) is 5. The van der Waals surface area contributed by atoms with Gasteiger partial charge in [-0.05, 0) is 25.5 Å². The van der Waals surface area contributed by atoms with Gasteiger partial charge in [-0.2, -0.15) is 0 Å². The number of amides is 1. The van der Waals surface area contributed by atoms with E-state index < -0.39 is 77.9 Å². The Bertz CT molecular complexity index is 1260. The van der Waals surface area contributed by atoms with Crippen molar-refractivity contribution in [3.8, 4) is 11.5 Å². The first-order chi connectivity index (χ1) is 19.5. The van der Waals surface area contributed by atoms with Crippen molar-refractivity contribution >= 4 is 29.8 Å². The molecule has 1 fully saturated rings. The first-order valence-corrected chi connectivity index (χ1v) is 12.9. The summed E-state index contributed by atoms with van der Waals surface area (Å²) in [5, 5.41) is 12.6. The molecule has 13 nitrogen and oxygen atoms in total. The van der Waals surface area contributed by atoms with E-state index in [0.717, 1.165) is 0 Å². The maximum Gasteiger partial charge on any atom is 0.338 e. The highest BCUT2D eigenvalue weighted by Gasteiger charge is 2.42. The number of aromatic nitrogens is 1. The molecule has 1 saturated heterocycles. The Morgan fingerprint density at radius 1 is 1.12 bits per heavy atom. The first-order valence-electron chi connectivity index (χ1n) is 12.9. The molecule has 13 heteroatoms. The molecular weight excluding hydrogens is 540 g/mol. The topological polar surface area (TPSA) is 177 Å². The summed E-state index contributed by atoms with van der Waals surface area (Å²) in [5.41, 5.74) is -0.122. The normalized spacial score (nSPS) is 20.9. The van der Waals surface area contributed by atoms with Gasteiger partial charge in [-0.1, -0.05) is 32.0 Å². The number of hydrogen-bond acceptors (Lipinski definition) is 12. The van der Waals surface area contributed by atoms with Gasteiger partial charge in [-0.15, -0.1) is 0 Å². The molecule has 2 heterocycles. The van der Waals surface area contributed by atoms with Crippen molar-refractivity contribution in [2.75, 3.05) is 20.3 Å². The van der Waals surface area contributed by atoms with Crippen molar-refractivity contribution in [3.05, 3.63) is 53.9 Å². The van der Waals surface area contributed by atoms with Crippen molar-refractivity contribution in [1.29, 1.82) is 0 Å². The van der Waals surface area contributed by atoms with Crippen LogP contribution in [-0.4, -0.2) is 78.4 Å². The number of methoxy groups -OCH3 is 1. The Kier molecular flexibility index (Phi) is 10.6. The monoisotopic (exact) mass is 572 g/mol. The molecular formula is C28H32N2O11. The number of nitrogens with zero attached hydrogens (tertiary/aromatic N) is 1. The summed E-state index contributed by atoms with van der Waals surface area (Å²) in [5.74, 6) is -6.39. The second-order valence-electron chi connectivity index (χ2n) is 9.46. The van der Waals surface area contributed by atoms with E-state index in [4.69, 9.17) is 23.7 Å². The molecule has 1 amide bonds. The summed E-state index contributed by atoms with van der Waals surface area (Å²) in [6.45, 7) is 3.75. The Labute approximate surface area is 236 Å². The van der Waals surface area contributed by atoms with Gasteiger partial charge in [-0.25, -0.2) is 14.6 Å². The number of rotatable bonds is 9. The highest BCUT2D eigenvalue weighted by atomic mass is 16.6. The van der Waals surface area contributed by atoms with Gasteiger partial charge in [0.25, 0.3) is 5.91 Å². The van der Waals surface area contributed by atoms with E-state index in [9.17, 15) is 29.1 Å². The Hall–Kier alpha value is -4.68. The van der Waals surface area contributed by atoms with Gasteiger partial charge < -0.3 is 34.1 Å². The third-order valence-electron chi connectivity index (χ3n) is 6.16. The quantitative estimate of drug-likeness (QED) is 0.330. The number of aromatic hydroxyl groups is 1. The van der Waals surface area contributed by atoms with E-state index in [-0.39, 0.29) is 18.8 Å². The number of esters is 4. The van der Waals surface area contributed by atoms with Crippen LogP contribution in [0.2, 0.25) is 0 Å². The lowest BCUT2D eigenvalue weighted by Gasteiger charge is -2.29. The van der Waals surface area contributed by atoms with E-state index >= 15 is 0 Å². The number of carbonyl (C=O) groups is 5. The zero-order valence-electron chi connectivity index (χ0n) is 23.0. The van der Waals surface area contributed by atoms with E-state index in [1.54, 1.807) is 44.2 Å². The second-order valence-corrected chi connectivity index (χ2v) is 9.46. The molecule has 1 aromatic carbocycles. The molecule has 0 radical (unpaired) electrons. The molecule has 220 valence electrons. The molecule has 41 heavy (non-hydrogen) atoms. The van der Waals surface area contributed by atoms with Gasteiger partial charge >= 0.3 is 23.9 Å². The van der Waals surface area contributed by atoms with Crippen molar-refractivity contribution in [2.24, 2.45) is 11.8 Å². The summed E-state index contributed by atoms with van der Waals surface area (Å²) in [7, 11) is 1.29. The van der Waals surface area contributed by atoms with Crippen LogP contribution in [-0.2, 0) is 33.3 Å². The smallest absolute Gasteiger partial charge is 0.338 e. The van der Waals surface area contributed by atoms with Gasteiger partial charge in [0, 0.05) is 12.3 Å². The minimum Gasteiger partial charge on any atom is -0.503 e. The van der Waals surface area contributed by atoms with E-state index in [1.165, 1.54) is 26.3 Å². The minimum absolute atomic E-state index is 0.0205. The van der Waals surface area contributed by atoms with Crippen molar-refractivity contribution < 1.29 is 52.8 Å². The summed E-state index contributed by atoms with van der Waals surface area (Å²) in [6.07, 6.45) is -1.34. The lowest BCUT2D eigenvalue weighted by Crippen LogP contribution is -2.46. The number of cyclic esters (lactones) is 2. The second kappa shape index (κ2) is 14.1. The third kappa shape index (κ3) is 7.93. The van der Waals surface area contributed by atoms with E-state index in [1.807, 2.05) is 0 Å². The SMILES string of the molecule is COc1ccnc(C(=O)N[C@H]2COC(=O)[C@H](CCOC(=O)c3ccccc3)[C@@H](OC(=O)C(C)C)[C@H](C)OC2=O)c1O. The predicted octanol–water partition coefficient (Wildman–Crippen LogP) is 1.81. The Balaban J connectivity index is 1.79. The van der Waals surface area contributed by atoms with Crippen molar-refractivity contribution in [1.82, 2.24) is 10.3 Å². The zero-order chi connectivity index (χ0) is 30.1. The maximum atomic E-state index is 13.2. The number of carbonyl (C=O) groups excluding carboxylic acids is 5. The van der Waals surface area contributed by atoms with Crippen LogP contribution in [0.5, 0.6) is 11.5 Å². The van der Waals surface area contributed by atoms with Crippen LogP contribution < -0.4 is 10.1 Å². The standard InChI is InChI=1S/C28H32N2O11/c1-15(2)25(33)41-23-16(3)40-28(36)19(30-24(32)21-22(31)20(37-4)10-12-29-21)14-39-27(35)18(23)11-13-38-26(34)17-8-6-5-7-9-17/h5-10,12,15-16,18-19,23,31H,11,13-14H2,1-4H3,(H,30,32)/t16-,18+,19-,23-/m0/s1. The summed E-state index contributed by atoms with van der Waals surface area (Å²) in [4.78, 5) is 67.7. The largest absolute Gasteiger partial charge is 0.503 e. The molecule has 2 N–H and O–H groups in total. The molecule has 1 aliphatic heterocycles. The molecule has 0 bridgehead atoms. The van der Waals surface area contributed by atoms with Crippen LogP contribution in [0.25, 0.3) is 0 Å². The molecule has 4 atom stereocenters. The molecule has 3 rings (SSSR count). The number of nitrogens with one attached hydrogen (secondary N) is 1. The lowest BCUT2D eigenvalue weighted by atomic mass is 9.94. The molecule has 0 aliphatic carbocycles. The molecule has 0 unspecified atom stereocenters. The van der Waals surface area contributed by atoms with Gasteiger partial charge in [0.05, 0.1) is 25.2 Å². The molecule has 2 aromatic rings. The minimum atomic E-state index is -1.49. The average molecular weight is 573 g/mol.